The summed E-state index contributed by atoms with van der Waals surface area (Å²) in [5.41, 5.74) is 1.67. The lowest BCUT2D eigenvalue weighted by Crippen LogP contribution is -2.33. The molecular formula is C14H14ClN3O2. The van der Waals surface area contributed by atoms with E-state index in [1.807, 2.05) is 6.07 Å². The summed E-state index contributed by atoms with van der Waals surface area (Å²) in [7, 11) is 0. The summed E-state index contributed by atoms with van der Waals surface area (Å²) in [4.78, 5) is 23.8. The Labute approximate surface area is 121 Å². The van der Waals surface area contributed by atoms with E-state index in [4.69, 9.17) is 11.6 Å². The van der Waals surface area contributed by atoms with Gasteiger partial charge in [0, 0.05) is 5.56 Å². The van der Waals surface area contributed by atoms with E-state index in [1.54, 1.807) is 38.1 Å². The van der Waals surface area contributed by atoms with Crippen LogP contribution in [0.3, 0.4) is 0 Å². The molecule has 0 saturated heterocycles. The topological polar surface area (TPSA) is 64.0 Å². The molecule has 0 bridgehead atoms. The summed E-state index contributed by atoms with van der Waals surface area (Å²) < 4.78 is 1.21. The van der Waals surface area contributed by atoms with Crippen molar-refractivity contribution in [3.05, 3.63) is 52.3 Å². The number of amides is 1. The van der Waals surface area contributed by atoms with Crippen LogP contribution < -0.4 is 5.32 Å². The van der Waals surface area contributed by atoms with E-state index in [2.05, 4.69) is 10.4 Å². The van der Waals surface area contributed by atoms with Gasteiger partial charge >= 0.3 is 0 Å². The predicted octanol–water partition coefficient (Wildman–Crippen LogP) is 2.22. The molecule has 0 atom stereocenters. The number of rotatable bonds is 3. The van der Waals surface area contributed by atoms with Crippen LogP contribution in [0.5, 0.6) is 0 Å². The first-order valence-corrected chi connectivity index (χ1v) is 6.46. The normalized spacial score (nSPS) is 10.3. The molecular weight excluding hydrogens is 278 g/mol. The summed E-state index contributed by atoms with van der Waals surface area (Å²) in [6, 6.07) is 8.70. The second-order valence-electron chi connectivity index (χ2n) is 4.34. The smallest absolute Gasteiger partial charge is 0.266 e. The van der Waals surface area contributed by atoms with Crippen LogP contribution in [-0.2, 0) is 0 Å². The molecule has 0 saturated carbocycles. The second kappa shape index (κ2) is 5.88. The summed E-state index contributed by atoms with van der Waals surface area (Å²) in [5, 5.41) is 7.07. The number of benzene rings is 1. The van der Waals surface area contributed by atoms with Gasteiger partial charge in [0.05, 0.1) is 23.0 Å². The molecule has 0 fully saturated rings. The number of carbonyl (C=O) groups is 2. The van der Waals surface area contributed by atoms with Gasteiger partial charge in [-0.25, -0.2) is 4.68 Å². The van der Waals surface area contributed by atoms with Gasteiger partial charge in [-0.2, -0.15) is 5.10 Å². The predicted molar refractivity (Wildman–Crippen MR) is 76.1 cm³/mol. The quantitative estimate of drug-likeness (QED) is 0.943. The molecule has 104 valence electrons. The van der Waals surface area contributed by atoms with Crippen molar-refractivity contribution in [1.82, 2.24) is 15.1 Å². The van der Waals surface area contributed by atoms with Crippen LogP contribution in [0.25, 0.3) is 0 Å². The number of aromatic nitrogens is 2. The van der Waals surface area contributed by atoms with Crippen molar-refractivity contribution in [2.24, 2.45) is 0 Å². The van der Waals surface area contributed by atoms with Crippen LogP contribution in [0.1, 0.15) is 26.5 Å². The van der Waals surface area contributed by atoms with Crippen LogP contribution >= 0.6 is 11.6 Å². The van der Waals surface area contributed by atoms with Gasteiger partial charge < -0.3 is 5.32 Å². The molecule has 2 aromatic rings. The van der Waals surface area contributed by atoms with Crippen molar-refractivity contribution in [3.8, 4) is 0 Å². The van der Waals surface area contributed by atoms with Crippen molar-refractivity contribution in [2.45, 2.75) is 13.8 Å². The molecule has 1 N–H and O–H groups in total. The van der Waals surface area contributed by atoms with Crippen LogP contribution in [0.2, 0.25) is 5.02 Å². The Kier molecular flexibility index (Phi) is 4.20. The summed E-state index contributed by atoms with van der Waals surface area (Å²) in [6.45, 7) is 3.30. The number of hydrogen-bond donors (Lipinski definition) is 1. The molecule has 0 aliphatic heterocycles. The molecule has 1 aromatic carbocycles. The van der Waals surface area contributed by atoms with E-state index >= 15 is 0 Å². The number of nitrogens with zero attached hydrogens (tertiary/aromatic N) is 2. The summed E-state index contributed by atoms with van der Waals surface area (Å²) in [5.74, 6) is -0.631. The number of hydrogen-bond acceptors (Lipinski definition) is 3. The van der Waals surface area contributed by atoms with Gasteiger partial charge in [-0.1, -0.05) is 29.8 Å². The summed E-state index contributed by atoms with van der Waals surface area (Å²) in [6.07, 6.45) is 0. The van der Waals surface area contributed by atoms with Gasteiger partial charge in [0.2, 0.25) is 0 Å². The Bertz CT molecular complexity index is 650. The van der Waals surface area contributed by atoms with E-state index in [0.717, 1.165) is 0 Å². The Morgan fingerprint density at radius 1 is 1.25 bits per heavy atom. The summed E-state index contributed by atoms with van der Waals surface area (Å²) >= 11 is 5.98. The van der Waals surface area contributed by atoms with Crippen LogP contribution in [0.4, 0.5) is 0 Å². The standard InChI is InChI=1S/C14H14ClN3O2/c1-9-13(15)10(2)18(17-9)12(19)8-16-14(20)11-6-4-3-5-7-11/h3-7H,8H2,1-2H3,(H,16,20). The lowest BCUT2D eigenvalue weighted by Gasteiger charge is -2.05. The third-order valence-corrected chi connectivity index (χ3v) is 3.42. The third-order valence-electron chi connectivity index (χ3n) is 2.88. The second-order valence-corrected chi connectivity index (χ2v) is 4.72. The molecule has 0 aliphatic rings. The highest BCUT2D eigenvalue weighted by Gasteiger charge is 2.16. The molecule has 20 heavy (non-hydrogen) atoms. The van der Waals surface area contributed by atoms with Crippen molar-refractivity contribution in [2.75, 3.05) is 6.54 Å². The van der Waals surface area contributed by atoms with E-state index in [0.29, 0.717) is 22.0 Å². The maximum atomic E-state index is 12.0. The Morgan fingerprint density at radius 2 is 1.90 bits per heavy atom. The molecule has 6 heteroatoms. The molecule has 1 aromatic heterocycles. The van der Waals surface area contributed by atoms with Crippen LogP contribution in [-0.4, -0.2) is 28.1 Å². The highest BCUT2D eigenvalue weighted by Crippen LogP contribution is 2.18. The zero-order valence-corrected chi connectivity index (χ0v) is 11.9. The first kappa shape index (κ1) is 14.3. The highest BCUT2D eigenvalue weighted by atomic mass is 35.5. The maximum absolute atomic E-state index is 12.0. The Balaban J connectivity index is 2.02. The fraction of sp³-hybridized carbons (Fsp3) is 0.214. The van der Waals surface area contributed by atoms with E-state index < -0.39 is 0 Å². The Hall–Kier alpha value is -2.14. The van der Waals surface area contributed by atoms with Gasteiger partial charge in [-0.3, -0.25) is 9.59 Å². The Morgan fingerprint density at radius 3 is 2.45 bits per heavy atom. The van der Waals surface area contributed by atoms with Crippen LogP contribution in [0, 0.1) is 13.8 Å². The molecule has 0 radical (unpaired) electrons. The molecule has 1 amide bonds. The SMILES string of the molecule is Cc1nn(C(=O)CNC(=O)c2ccccc2)c(C)c1Cl. The average molecular weight is 292 g/mol. The maximum Gasteiger partial charge on any atom is 0.266 e. The molecule has 0 aliphatic carbocycles. The van der Waals surface area contributed by atoms with E-state index in [9.17, 15) is 9.59 Å². The van der Waals surface area contributed by atoms with Crippen LogP contribution in [0.15, 0.2) is 30.3 Å². The first-order chi connectivity index (χ1) is 9.50. The molecule has 0 spiro atoms. The minimum atomic E-state index is -0.332. The van der Waals surface area contributed by atoms with Crippen molar-refractivity contribution in [1.29, 1.82) is 0 Å². The molecule has 2 rings (SSSR count). The minimum absolute atomic E-state index is 0.133. The van der Waals surface area contributed by atoms with Gasteiger partial charge in [-0.15, -0.1) is 0 Å². The number of aryl methyl sites for hydroxylation is 1. The van der Waals surface area contributed by atoms with Gasteiger partial charge in [0.25, 0.3) is 11.8 Å². The zero-order valence-electron chi connectivity index (χ0n) is 11.2. The van der Waals surface area contributed by atoms with E-state index in [-0.39, 0.29) is 18.4 Å². The van der Waals surface area contributed by atoms with Gasteiger partial charge in [0.15, 0.2) is 0 Å². The molecule has 1 heterocycles. The fourth-order valence-corrected chi connectivity index (χ4v) is 1.91. The fourth-order valence-electron chi connectivity index (χ4n) is 1.79. The van der Waals surface area contributed by atoms with Crippen molar-refractivity contribution in [3.63, 3.8) is 0 Å². The zero-order chi connectivity index (χ0) is 14.7. The lowest BCUT2D eigenvalue weighted by molar-refractivity contribution is 0.0848. The van der Waals surface area contributed by atoms with Crippen molar-refractivity contribution >= 4 is 23.4 Å². The van der Waals surface area contributed by atoms with Gasteiger partial charge in [-0.05, 0) is 26.0 Å². The number of halogens is 1. The number of carbonyl (C=O) groups excluding carboxylic acids is 2. The molecule has 0 unspecified atom stereocenters. The van der Waals surface area contributed by atoms with Crippen molar-refractivity contribution < 1.29 is 9.59 Å². The largest absolute Gasteiger partial charge is 0.343 e. The lowest BCUT2D eigenvalue weighted by atomic mass is 10.2. The molecule has 5 nitrogen and oxygen atoms in total. The number of nitrogens with one attached hydrogen (secondary N) is 1. The minimum Gasteiger partial charge on any atom is -0.343 e. The monoisotopic (exact) mass is 291 g/mol. The first-order valence-electron chi connectivity index (χ1n) is 6.09. The highest BCUT2D eigenvalue weighted by molar-refractivity contribution is 6.32. The van der Waals surface area contributed by atoms with E-state index in [1.165, 1.54) is 4.68 Å². The average Bonchev–Trinajstić information content (AvgIpc) is 2.73. The third kappa shape index (κ3) is 2.88. The van der Waals surface area contributed by atoms with Gasteiger partial charge in [0.1, 0.15) is 0 Å².